The summed E-state index contributed by atoms with van der Waals surface area (Å²) in [5.74, 6) is 0.885. The standard InChI is InChI=1S/C21H34N6/c22-18-20(19-23)21-26(13-7-12-24-8-3-1-4-9-24)16-17-27(21)15-14-25-10-5-2-6-11-25/h1-17H2. The van der Waals surface area contributed by atoms with Gasteiger partial charge in [0.2, 0.25) is 0 Å². The molecular weight excluding hydrogens is 336 g/mol. The Morgan fingerprint density at radius 2 is 1.15 bits per heavy atom. The van der Waals surface area contributed by atoms with Gasteiger partial charge in [0.25, 0.3) is 0 Å². The molecule has 0 amide bonds. The highest BCUT2D eigenvalue weighted by molar-refractivity contribution is 5.40. The summed E-state index contributed by atoms with van der Waals surface area (Å²) in [7, 11) is 0. The molecule has 3 aliphatic heterocycles. The first-order chi connectivity index (χ1) is 13.3. The van der Waals surface area contributed by atoms with E-state index in [9.17, 15) is 10.5 Å². The fourth-order valence-electron chi connectivity index (χ4n) is 4.64. The summed E-state index contributed by atoms with van der Waals surface area (Å²) in [6.45, 7) is 10.7. The molecule has 0 N–H and O–H groups in total. The van der Waals surface area contributed by atoms with Crippen molar-refractivity contribution in [2.75, 3.05) is 65.4 Å². The van der Waals surface area contributed by atoms with Gasteiger partial charge in [0.05, 0.1) is 0 Å². The summed E-state index contributed by atoms with van der Waals surface area (Å²) in [5.41, 5.74) is 0.282. The summed E-state index contributed by atoms with van der Waals surface area (Å²) < 4.78 is 0. The zero-order valence-corrected chi connectivity index (χ0v) is 16.7. The number of likely N-dealkylation sites (tertiary alicyclic amines) is 2. The number of piperidine rings is 2. The lowest BCUT2D eigenvalue weighted by atomic mass is 10.1. The third-order valence-corrected chi connectivity index (χ3v) is 6.17. The summed E-state index contributed by atoms with van der Waals surface area (Å²) in [4.78, 5) is 9.64. The molecule has 0 aromatic heterocycles. The third kappa shape index (κ3) is 5.61. The van der Waals surface area contributed by atoms with Crippen LogP contribution in [0.2, 0.25) is 0 Å². The van der Waals surface area contributed by atoms with Crippen LogP contribution in [0.5, 0.6) is 0 Å². The van der Waals surface area contributed by atoms with Crippen LogP contribution in [-0.2, 0) is 0 Å². The molecule has 0 aromatic rings. The van der Waals surface area contributed by atoms with Crippen LogP contribution in [0.3, 0.4) is 0 Å². The molecule has 0 bridgehead atoms. The molecule has 6 nitrogen and oxygen atoms in total. The SMILES string of the molecule is N#CC(C#N)=C1N(CCCN2CCCCC2)CCN1CCN1CCCCC1. The predicted molar refractivity (Wildman–Crippen MR) is 107 cm³/mol. The van der Waals surface area contributed by atoms with Gasteiger partial charge in [-0.15, -0.1) is 0 Å². The molecule has 0 aliphatic carbocycles. The average Bonchev–Trinajstić information content (AvgIpc) is 3.12. The van der Waals surface area contributed by atoms with Crippen molar-refractivity contribution in [2.45, 2.75) is 44.9 Å². The molecular formula is C21H34N6. The van der Waals surface area contributed by atoms with Crippen LogP contribution in [-0.4, -0.2) is 85.0 Å². The van der Waals surface area contributed by atoms with Gasteiger partial charge < -0.3 is 19.6 Å². The van der Waals surface area contributed by atoms with E-state index in [-0.39, 0.29) is 5.57 Å². The van der Waals surface area contributed by atoms with Gasteiger partial charge in [-0.1, -0.05) is 12.8 Å². The van der Waals surface area contributed by atoms with E-state index < -0.39 is 0 Å². The van der Waals surface area contributed by atoms with Crippen molar-refractivity contribution >= 4 is 0 Å². The summed E-state index contributed by atoms with van der Waals surface area (Å²) in [5, 5.41) is 18.9. The molecule has 3 rings (SSSR count). The Labute approximate surface area is 164 Å². The van der Waals surface area contributed by atoms with Crippen molar-refractivity contribution in [3.8, 4) is 12.1 Å². The van der Waals surface area contributed by atoms with Crippen molar-refractivity contribution in [1.82, 2.24) is 19.6 Å². The van der Waals surface area contributed by atoms with Gasteiger partial charge in [0.15, 0.2) is 5.57 Å². The van der Waals surface area contributed by atoms with Crippen LogP contribution in [0.4, 0.5) is 0 Å². The maximum Gasteiger partial charge on any atom is 0.169 e. The van der Waals surface area contributed by atoms with Gasteiger partial charge in [-0.3, -0.25) is 0 Å². The van der Waals surface area contributed by atoms with E-state index in [1.807, 2.05) is 0 Å². The molecule has 0 saturated carbocycles. The molecule has 3 fully saturated rings. The Morgan fingerprint density at radius 3 is 1.70 bits per heavy atom. The topological polar surface area (TPSA) is 60.5 Å². The van der Waals surface area contributed by atoms with E-state index in [0.717, 1.165) is 51.5 Å². The highest BCUT2D eigenvalue weighted by Gasteiger charge is 2.28. The number of hydrogen-bond donors (Lipinski definition) is 0. The number of nitriles is 2. The summed E-state index contributed by atoms with van der Waals surface area (Å²) in [6.07, 6.45) is 9.07. The van der Waals surface area contributed by atoms with Gasteiger partial charge in [-0.2, -0.15) is 10.5 Å². The monoisotopic (exact) mass is 370 g/mol. The fraction of sp³-hybridized carbons (Fsp3) is 0.810. The Morgan fingerprint density at radius 1 is 0.630 bits per heavy atom. The van der Waals surface area contributed by atoms with Gasteiger partial charge in [0, 0.05) is 32.7 Å². The van der Waals surface area contributed by atoms with E-state index >= 15 is 0 Å². The highest BCUT2D eigenvalue weighted by Crippen LogP contribution is 2.23. The fourth-order valence-corrected chi connectivity index (χ4v) is 4.64. The number of allylic oxidation sites excluding steroid dienone is 1. The van der Waals surface area contributed by atoms with Crippen molar-refractivity contribution in [2.24, 2.45) is 0 Å². The molecule has 148 valence electrons. The second-order valence-electron chi connectivity index (χ2n) is 8.05. The molecule has 0 atom stereocenters. The zero-order valence-electron chi connectivity index (χ0n) is 16.7. The number of hydrogen-bond acceptors (Lipinski definition) is 6. The van der Waals surface area contributed by atoms with E-state index in [4.69, 9.17) is 0 Å². The second-order valence-corrected chi connectivity index (χ2v) is 8.05. The second kappa shape index (κ2) is 10.5. The normalized spacial score (nSPS) is 21.9. The molecule has 3 saturated heterocycles. The lowest BCUT2D eigenvalue weighted by Crippen LogP contribution is -2.37. The van der Waals surface area contributed by atoms with Crippen LogP contribution in [0, 0.1) is 22.7 Å². The summed E-state index contributed by atoms with van der Waals surface area (Å²) >= 11 is 0. The van der Waals surface area contributed by atoms with Crippen LogP contribution in [0.1, 0.15) is 44.9 Å². The largest absolute Gasteiger partial charge is 0.355 e. The smallest absolute Gasteiger partial charge is 0.169 e. The van der Waals surface area contributed by atoms with Crippen molar-refractivity contribution in [3.63, 3.8) is 0 Å². The van der Waals surface area contributed by atoms with Gasteiger partial charge in [-0.05, 0) is 64.8 Å². The molecule has 0 unspecified atom stereocenters. The summed E-state index contributed by atoms with van der Waals surface area (Å²) in [6, 6.07) is 4.29. The molecule has 6 heteroatoms. The lowest BCUT2D eigenvalue weighted by molar-refractivity contribution is 0.199. The van der Waals surface area contributed by atoms with Crippen LogP contribution >= 0.6 is 0 Å². The average molecular weight is 371 g/mol. The highest BCUT2D eigenvalue weighted by atomic mass is 15.4. The maximum absolute atomic E-state index is 9.47. The minimum atomic E-state index is 0.282. The number of rotatable bonds is 7. The first-order valence-electron chi connectivity index (χ1n) is 10.8. The minimum Gasteiger partial charge on any atom is -0.355 e. The number of nitrogens with zero attached hydrogens (tertiary/aromatic N) is 6. The molecule has 0 radical (unpaired) electrons. The lowest BCUT2D eigenvalue weighted by Gasteiger charge is -2.31. The molecule has 27 heavy (non-hydrogen) atoms. The van der Waals surface area contributed by atoms with Crippen LogP contribution < -0.4 is 0 Å². The zero-order chi connectivity index (χ0) is 18.9. The van der Waals surface area contributed by atoms with Gasteiger partial charge in [0.1, 0.15) is 18.0 Å². The molecule has 3 aliphatic rings. The first-order valence-corrected chi connectivity index (χ1v) is 10.8. The molecule has 3 heterocycles. The van der Waals surface area contributed by atoms with Gasteiger partial charge in [-0.25, -0.2) is 0 Å². The van der Waals surface area contributed by atoms with Crippen molar-refractivity contribution < 1.29 is 0 Å². The van der Waals surface area contributed by atoms with Crippen molar-refractivity contribution in [3.05, 3.63) is 11.4 Å². The quantitative estimate of drug-likeness (QED) is 0.641. The van der Waals surface area contributed by atoms with E-state index in [0.29, 0.717) is 0 Å². The Bertz CT molecular complexity index is 558. The van der Waals surface area contributed by atoms with Gasteiger partial charge >= 0.3 is 0 Å². The Balaban J connectivity index is 1.54. The third-order valence-electron chi connectivity index (χ3n) is 6.17. The maximum atomic E-state index is 9.47. The van der Waals surface area contributed by atoms with Crippen LogP contribution in [0.25, 0.3) is 0 Å². The van der Waals surface area contributed by atoms with Crippen molar-refractivity contribution in [1.29, 1.82) is 10.5 Å². The Kier molecular flexibility index (Phi) is 7.80. The van der Waals surface area contributed by atoms with Crippen LogP contribution in [0.15, 0.2) is 11.4 Å². The van der Waals surface area contributed by atoms with E-state index in [1.54, 1.807) is 0 Å². The minimum absolute atomic E-state index is 0.282. The molecule has 0 spiro atoms. The van der Waals surface area contributed by atoms with E-state index in [2.05, 4.69) is 31.7 Å². The Hall–Kier alpha value is -1.76. The first kappa shape index (κ1) is 20.0. The molecule has 0 aromatic carbocycles. The van der Waals surface area contributed by atoms with E-state index in [1.165, 1.54) is 64.7 Å². The predicted octanol–water partition coefficient (Wildman–Crippen LogP) is 2.22.